The van der Waals surface area contributed by atoms with Gasteiger partial charge in [-0.15, -0.1) is 0 Å². The molecule has 2 atom stereocenters. The molecule has 0 aliphatic carbocycles. The summed E-state index contributed by atoms with van der Waals surface area (Å²) >= 11 is 5.94. The van der Waals surface area contributed by atoms with Crippen molar-refractivity contribution in [3.8, 4) is 0 Å². The van der Waals surface area contributed by atoms with Gasteiger partial charge in [0.15, 0.2) is 0 Å². The van der Waals surface area contributed by atoms with Gasteiger partial charge in [0.2, 0.25) is 0 Å². The van der Waals surface area contributed by atoms with Gasteiger partial charge in [-0.25, -0.2) is 0 Å². The summed E-state index contributed by atoms with van der Waals surface area (Å²) in [5, 5.41) is 0.626. The molecule has 1 fully saturated rings. The lowest BCUT2D eigenvalue weighted by atomic mass is 10.1. The molecule has 2 unspecified atom stereocenters. The van der Waals surface area contributed by atoms with Crippen molar-refractivity contribution >= 4 is 17.3 Å². The van der Waals surface area contributed by atoms with E-state index in [4.69, 9.17) is 22.1 Å². The maximum absolute atomic E-state index is 5.94. The fourth-order valence-corrected chi connectivity index (χ4v) is 2.53. The van der Waals surface area contributed by atoms with Gasteiger partial charge in [-0.05, 0) is 31.0 Å². The summed E-state index contributed by atoms with van der Waals surface area (Å²) in [7, 11) is 0. The summed E-state index contributed by atoms with van der Waals surface area (Å²) in [6, 6.07) is 6.38. The Labute approximate surface area is 114 Å². The Kier molecular flexibility index (Phi) is 4.49. The summed E-state index contributed by atoms with van der Waals surface area (Å²) in [6.45, 7) is 7.03. The summed E-state index contributed by atoms with van der Waals surface area (Å²) < 4.78 is 5.70. The second kappa shape index (κ2) is 5.91. The largest absolute Gasteiger partial charge is 0.398 e. The number of morpholine rings is 1. The van der Waals surface area contributed by atoms with E-state index in [0.717, 1.165) is 26.1 Å². The van der Waals surface area contributed by atoms with Gasteiger partial charge in [-0.1, -0.05) is 24.6 Å². The zero-order valence-electron chi connectivity index (χ0n) is 11.0. The Bertz CT molecular complexity index is 411. The topological polar surface area (TPSA) is 38.5 Å². The molecule has 1 aliphatic heterocycles. The molecule has 1 aromatic carbocycles. The summed E-state index contributed by atoms with van der Waals surface area (Å²) in [4.78, 5) is 2.47. The Morgan fingerprint density at radius 2 is 2.28 bits per heavy atom. The summed E-state index contributed by atoms with van der Waals surface area (Å²) in [6.07, 6.45) is 1.41. The third-order valence-electron chi connectivity index (χ3n) is 3.50. The van der Waals surface area contributed by atoms with Crippen molar-refractivity contribution in [3.63, 3.8) is 0 Å². The fourth-order valence-electron chi connectivity index (χ4n) is 2.41. The Balaban J connectivity index is 2.08. The Morgan fingerprint density at radius 1 is 1.50 bits per heavy atom. The first-order valence-electron chi connectivity index (χ1n) is 6.49. The van der Waals surface area contributed by atoms with Crippen LogP contribution in [-0.2, 0) is 11.3 Å². The number of nitrogens with two attached hydrogens (primary N) is 1. The van der Waals surface area contributed by atoms with Gasteiger partial charge in [0.1, 0.15) is 0 Å². The lowest BCUT2D eigenvalue weighted by Crippen LogP contribution is -2.47. The molecule has 0 bridgehead atoms. The van der Waals surface area contributed by atoms with E-state index in [1.54, 1.807) is 0 Å². The molecule has 0 saturated carbocycles. The molecule has 18 heavy (non-hydrogen) atoms. The highest BCUT2D eigenvalue weighted by atomic mass is 35.5. The van der Waals surface area contributed by atoms with Crippen LogP contribution in [-0.4, -0.2) is 30.2 Å². The van der Waals surface area contributed by atoms with Crippen molar-refractivity contribution in [3.05, 3.63) is 28.8 Å². The summed E-state index contributed by atoms with van der Waals surface area (Å²) in [5.41, 5.74) is 7.71. The van der Waals surface area contributed by atoms with Crippen molar-refractivity contribution in [2.24, 2.45) is 0 Å². The Hall–Kier alpha value is -0.770. The van der Waals surface area contributed by atoms with E-state index in [1.165, 1.54) is 5.56 Å². The maximum atomic E-state index is 5.94. The number of rotatable bonds is 3. The molecule has 0 aromatic heterocycles. The molecule has 100 valence electrons. The number of hydrogen-bond donors (Lipinski definition) is 1. The number of benzene rings is 1. The normalized spacial score (nSPS) is 25.3. The fraction of sp³-hybridized carbons (Fsp3) is 0.571. The van der Waals surface area contributed by atoms with Crippen LogP contribution in [0, 0.1) is 0 Å². The van der Waals surface area contributed by atoms with Crippen LogP contribution < -0.4 is 5.73 Å². The van der Waals surface area contributed by atoms with Crippen LogP contribution in [0.5, 0.6) is 0 Å². The second-order valence-corrected chi connectivity index (χ2v) is 5.40. The molecule has 0 amide bonds. The molecular weight excluding hydrogens is 248 g/mol. The average Bonchev–Trinajstić information content (AvgIpc) is 2.34. The van der Waals surface area contributed by atoms with E-state index in [2.05, 4.69) is 18.7 Å². The second-order valence-electron chi connectivity index (χ2n) is 4.99. The zero-order valence-corrected chi connectivity index (χ0v) is 11.8. The van der Waals surface area contributed by atoms with Gasteiger partial charge < -0.3 is 10.5 Å². The van der Waals surface area contributed by atoms with Gasteiger partial charge in [0.25, 0.3) is 0 Å². The van der Waals surface area contributed by atoms with Crippen molar-refractivity contribution < 1.29 is 4.74 Å². The lowest BCUT2D eigenvalue weighted by molar-refractivity contribution is -0.0591. The third-order valence-corrected chi connectivity index (χ3v) is 3.84. The number of halogens is 1. The van der Waals surface area contributed by atoms with Gasteiger partial charge in [0, 0.05) is 19.1 Å². The van der Waals surface area contributed by atoms with Crippen molar-refractivity contribution in [1.29, 1.82) is 0 Å². The number of anilines is 1. The lowest BCUT2D eigenvalue weighted by Gasteiger charge is -2.38. The van der Waals surface area contributed by atoms with E-state index in [0.29, 0.717) is 22.9 Å². The SMILES string of the molecule is CCC1COC(C)CN1Cc1ccc(Cl)c(N)c1. The van der Waals surface area contributed by atoms with Crippen LogP contribution in [0.3, 0.4) is 0 Å². The zero-order chi connectivity index (χ0) is 13.1. The molecule has 0 radical (unpaired) electrons. The highest BCUT2D eigenvalue weighted by Gasteiger charge is 2.25. The van der Waals surface area contributed by atoms with E-state index in [1.807, 2.05) is 18.2 Å². The molecule has 3 nitrogen and oxygen atoms in total. The first-order chi connectivity index (χ1) is 8.60. The number of nitrogen functional groups attached to an aromatic ring is 1. The molecular formula is C14H21ClN2O. The highest BCUT2D eigenvalue weighted by molar-refractivity contribution is 6.33. The van der Waals surface area contributed by atoms with Gasteiger partial charge >= 0.3 is 0 Å². The van der Waals surface area contributed by atoms with E-state index >= 15 is 0 Å². The Morgan fingerprint density at radius 3 is 2.94 bits per heavy atom. The standard InChI is InChI=1S/C14H21ClN2O/c1-3-12-9-18-10(2)7-17(12)8-11-4-5-13(15)14(16)6-11/h4-6,10,12H,3,7-9,16H2,1-2H3. The molecule has 0 spiro atoms. The average molecular weight is 269 g/mol. The predicted molar refractivity (Wildman–Crippen MR) is 75.8 cm³/mol. The minimum absolute atomic E-state index is 0.303. The van der Waals surface area contributed by atoms with E-state index in [9.17, 15) is 0 Å². The van der Waals surface area contributed by atoms with Crippen LogP contribution >= 0.6 is 11.6 Å². The van der Waals surface area contributed by atoms with Crippen LogP contribution in [0.15, 0.2) is 18.2 Å². The van der Waals surface area contributed by atoms with Crippen LogP contribution in [0.1, 0.15) is 25.8 Å². The van der Waals surface area contributed by atoms with Crippen molar-refractivity contribution in [2.45, 2.75) is 39.0 Å². The van der Waals surface area contributed by atoms with Crippen LogP contribution in [0.2, 0.25) is 5.02 Å². The van der Waals surface area contributed by atoms with Crippen molar-refractivity contribution in [1.82, 2.24) is 4.90 Å². The third kappa shape index (κ3) is 3.16. The summed E-state index contributed by atoms with van der Waals surface area (Å²) in [5.74, 6) is 0. The van der Waals surface area contributed by atoms with Gasteiger partial charge in [-0.2, -0.15) is 0 Å². The number of nitrogens with zero attached hydrogens (tertiary/aromatic N) is 1. The minimum atomic E-state index is 0.303. The molecule has 2 rings (SSSR count). The molecule has 4 heteroatoms. The number of hydrogen-bond acceptors (Lipinski definition) is 3. The minimum Gasteiger partial charge on any atom is -0.398 e. The highest BCUT2D eigenvalue weighted by Crippen LogP contribution is 2.22. The monoisotopic (exact) mass is 268 g/mol. The first-order valence-corrected chi connectivity index (χ1v) is 6.87. The molecule has 1 aliphatic rings. The number of ether oxygens (including phenoxy) is 1. The predicted octanol–water partition coefficient (Wildman–Crippen LogP) is 2.92. The molecule has 1 heterocycles. The van der Waals surface area contributed by atoms with E-state index in [-0.39, 0.29) is 0 Å². The van der Waals surface area contributed by atoms with Gasteiger partial charge in [0.05, 0.1) is 23.4 Å². The molecule has 1 aromatic rings. The van der Waals surface area contributed by atoms with Crippen LogP contribution in [0.25, 0.3) is 0 Å². The van der Waals surface area contributed by atoms with Crippen LogP contribution in [0.4, 0.5) is 5.69 Å². The van der Waals surface area contributed by atoms with Crippen molar-refractivity contribution in [2.75, 3.05) is 18.9 Å². The first kappa shape index (κ1) is 13.7. The smallest absolute Gasteiger partial charge is 0.0674 e. The quantitative estimate of drug-likeness (QED) is 0.857. The molecule has 2 N–H and O–H groups in total. The van der Waals surface area contributed by atoms with Gasteiger partial charge in [-0.3, -0.25) is 4.90 Å². The molecule has 1 saturated heterocycles. The van der Waals surface area contributed by atoms with E-state index < -0.39 is 0 Å². The maximum Gasteiger partial charge on any atom is 0.0674 e.